The van der Waals surface area contributed by atoms with Gasteiger partial charge in [-0.3, -0.25) is 0 Å². The number of ether oxygens (including phenoxy) is 2. The van der Waals surface area contributed by atoms with Crippen molar-refractivity contribution in [1.82, 2.24) is 10.2 Å². The molecule has 2 unspecified atom stereocenters. The van der Waals surface area contributed by atoms with E-state index < -0.39 is 0 Å². The van der Waals surface area contributed by atoms with Crippen LogP contribution in [0, 0.1) is 0 Å². The molecule has 2 amide bonds. The fraction of sp³-hybridized carbons (Fsp3) is 0.381. The van der Waals surface area contributed by atoms with E-state index in [9.17, 15) is 4.79 Å². The first-order chi connectivity index (χ1) is 13.2. The topological polar surface area (TPSA) is 50.8 Å². The van der Waals surface area contributed by atoms with Crippen LogP contribution in [0.4, 0.5) is 4.79 Å². The van der Waals surface area contributed by atoms with E-state index in [-0.39, 0.29) is 24.3 Å². The highest BCUT2D eigenvalue weighted by atomic mass is 35.5. The number of carbonyl (C=O) groups excluding carboxylic acids is 1. The fourth-order valence-corrected chi connectivity index (χ4v) is 3.67. The Bertz CT molecular complexity index is 780. The fourth-order valence-electron chi connectivity index (χ4n) is 3.49. The number of benzene rings is 2. The second kappa shape index (κ2) is 8.19. The smallest absolute Gasteiger partial charge is 0.317 e. The number of likely N-dealkylation sites (tertiary alicyclic amines) is 1. The van der Waals surface area contributed by atoms with E-state index in [0.717, 1.165) is 18.4 Å². The molecule has 0 radical (unpaired) electrons. The van der Waals surface area contributed by atoms with Crippen molar-refractivity contribution >= 4 is 17.6 Å². The number of carbonyl (C=O) groups is 1. The van der Waals surface area contributed by atoms with Crippen molar-refractivity contribution < 1.29 is 14.3 Å². The van der Waals surface area contributed by atoms with E-state index in [2.05, 4.69) is 17.4 Å². The molecule has 6 heteroatoms. The SMILES string of the molecule is O=C(NC1CCOC(c2ccccc2)C1)N1CC(Oc2ccccc2Cl)C1. The number of urea groups is 1. The Morgan fingerprint density at radius 2 is 1.85 bits per heavy atom. The summed E-state index contributed by atoms with van der Waals surface area (Å²) in [4.78, 5) is 14.3. The predicted molar refractivity (Wildman–Crippen MR) is 104 cm³/mol. The molecule has 2 aromatic rings. The molecule has 2 aliphatic rings. The summed E-state index contributed by atoms with van der Waals surface area (Å²) < 4.78 is 11.7. The largest absolute Gasteiger partial charge is 0.485 e. The summed E-state index contributed by atoms with van der Waals surface area (Å²) in [6.07, 6.45) is 1.66. The van der Waals surface area contributed by atoms with Crippen LogP contribution in [0.25, 0.3) is 0 Å². The van der Waals surface area contributed by atoms with E-state index in [1.165, 1.54) is 0 Å². The molecule has 0 aliphatic carbocycles. The molecule has 0 saturated carbocycles. The van der Waals surface area contributed by atoms with E-state index >= 15 is 0 Å². The third-order valence-electron chi connectivity index (χ3n) is 5.05. The standard InChI is InChI=1S/C21H23ClN2O3/c22-18-8-4-5-9-19(18)27-17-13-24(14-17)21(25)23-16-10-11-26-20(12-16)15-6-2-1-3-7-15/h1-9,16-17,20H,10-14H2,(H,23,25). The van der Waals surface area contributed by atoms with Crippen LogP contribution in [0.5, 0.6) is 5.75 Å². The highest BCUT2D eigenvalue weighted by Crippen LogP contribution is 2.29. The van der Waals surface area contributed by atoms with Gasteiger partial charge < -0.3 is 19.7 Å². The second-order valence-corrected chi connectivity index (χ2v) is 7.42. The lowest BCUT2D eigenvalue weighted by atomic mass is 9.97. The minimum atomic E-state index is -0.0345. The zero-order chi connectivity index (χ0) is 18.6. The van der Waals surface area contributed by atoms with Gasteiger partial charge in [0.05, 0.1) is 24.2 Å². The van der Waals surface area contributed by atoms with Crippen LogP contribution in [0.3, 0.4) is 0 Å². The molecule has 2 fully saturated rings. The number of amides is 2. The number of hydrogen-bond donors (Lipinski definition) is 1. The van der Waals surface area contributed by atoms with Crippen molar-refractivity contribution in [2.24, 2.45) is 0 Å². The van der Waals surface area contributed by atoms with Gasteiger partial charge in [-0.25, -0.2) is 4.79 Å². The lowest BCUT2D eigenvalue weighted by molar-refractivity contribution is -0.00161. The van der Waals surface area contributed by atoms with E-state index in [4.69, 9.17) is 21.1 Å². The lowest BCUT2D eigenvalue weighted by Gasteiger charge is -2.40. The van der Waals surface area contributed by atoms with Crippen LogP contribution in [-0.2, 0) is 4.74 Å². The molecule has 0 spiro atoms. The number of hydrogen-bond acceptors (Lipinski definition) is 3. The van der Waals surface area contributed by atoms with E-state index in [1.807, 2.05) is 36.4 Å². The molecule has 2 heterocycles. The number of para-hydroxylation sites is 1. The third-order valence-corrected chi connectivity index (χ3v) is 5.36. The summed E-state index contributed by atoms with van der Waals surface area (Å²) >= 11 is 6.11. The molecule has 2 aliphatic heterocycles. The number of nitrogens with zero attached hydrogens (tertiary/aromatic N) is 1. The summed E-state index contributed by atoms with van der Waals surface area (Å²) in [7, 11) is 0. The Kier molecular flexibility index (Phi) is 5.50. The molecular weight excluding hydrogens is 364 g/mol. The van der Waals surface area contributed by atoms with Crippen LogP contribution >= 0.6 is 11.6 Å². The van der Waals surface area contributed by atoms with E-state index in [0.29, 0.717) is 30.5 Å². The van der Waals surface area contributed by atoms with Gasteiger partial charge in [0, 0.05) is 12.6 Å². The molecule has 142 valence electrons. The molecule has 27 heavy (non-hydrogen) atoms. The maximum atomic E-state index is 12.5. The summed E-state index contributed by atoms with van der Waals surface area (Å²) in [5.41, 5.74) is 1.16. The molecule has 0 aromatic heterocycles. The molecule has 2 aromatic carbocycles. The second-order valence-electron chi connectivity index (χ2n) is 7.02. The minimum Gasteiger partial charge on any atom is -0.485 e. The van der Waals surface area contributed by atoms with Gasteiger partial charge in [-0.15, -0.1) is 0 Å². The Balaban J connectivity index is 1.25. The van der Waals surface area contributed by atoms with Gasteiger partial charge in [0.1, 0.15) is 11.9 Å². The third kappa shape index (κ3) is 4.37. The Hall–Kier alpha value is -2.24. The normalized spacial score (nSPS) is 22.8. The van der Waals surface area contributed by atoms with Gasteiger partial charge in [-0.1, -0.05) is 54.1 Å². The monoisotopic (exact) mass is 386 g/mol. The van der Waals surface area contributed by atoms with Crippen LogP contribution < -0.4 is 10.1 Å². The zero-order valence-electron chi connectivity index (χ0n) is 15.0. The predicted octanol–water partition coefficient (Wildman–Crippen LogP) is 4.03. The van der Waals surface area contributed by atoms with Crippen LogP contribution in [-0.4, -0.2) is 42.8 Å². The highest BCUT2D eigenvalue weighted by molar-refractivity contribution is 6.32. The Morgan fingerprint density at radius 3 is 2.63 bits per heavy atom. The van der Waals surface area contributed by atoms with Gasteiger partial charge in [0.15, 0.2) is 0 Å². The van der Waals surface area contributed by atoms with Crippen molar-refractivity contribution in [3.05, 3.63) is 65.2 Å². The summed E-state index contributed by atoms with van der Waals surface area (Å²) in [5.74, 6) is 0.666. The average Bonchev–Trinajstić information content (AvgIpc) is 2.66. The van der Waals surface area contributed by atoms with Gasteiger partial charge in [-0.2, -0.15) is 0 Å². The van der Waals surface area contributed by atoms with Crippen molar-refractivity contribution in [3.63, 3.8) is 0 Å². The number of rotatable bonds is 4. The molecule has 0 bridgehead atoms. The Morgan fingerprint density at radius 1 is 1.11 bits per heavy atom. The first kappa shape index (κ1) is 18.1. The first-order valence-electron chi connectivity index (χ1n) is 9.32. The molecule has 1 N–H and O–H groups in total. The van der Waals surface area contributed by atoms with Gasteiger partial charge in [0.2, 0.25) is 0 Å². The summed E-state index contributed by atoms with van der Waals surface area (Å²) in [5, 5.41) is 3.73. The molecule has 2 atom stereocenters. The summed E-state index contributed by atoms with van der Waals surface area (Å²) in [6.45, 7) is 1.80. The molecular formula is C21H23ClN2O3. The maximum absolute atomic E-state index is 12.5. The van der Waals surface area contributed by atoms with Crippen molar-refractivity contribution in [2.45, 2.75) is 31.1 Å². The maximum Gasteiger partial charge on any atom is 0.317 e. The van der Waals surface area contributed by atoms with Gasteiger partial charge >= 0.3 is 6.03 Å². The highest BCUT2D eigenvalue weighted by Gasteiger charge is 2.34. The lowest BCUT2D eigenvalue weighted by Crippen LogP contribution is -2.60. The Labute approximate surface area is 164 Å². The molecule has 5 nitrogen and oxygen atoms in total. The number of halogens is 1. The molecule has 4 rings (SSSR count). The molecule has 2 saturated heterocycles. The van der Waals surface area contributed by atoms with E-state index in [1.54, 1.807) is 11.0 Å². The van der Waals surface area contributed by atoms with Crippen LogP contribution in [0.2, 0.25) is 5.02 Å². The van der Waals surface area contributed by atoms with Crippen LogP contribution in [0.1, 0.15) is 24.5 Å². The minimum absolute atomic E-state index is 0.0117. The summed E-state index contributed by atoms with van der Waals surface area (Å²) in [6, 6.07) is 17.7. The zero-order valence-corrected chi connectivity index (χ0v) is 15.8. The van der Waals surface area contributed by atoms with Crippen LogP contribution in [0.15, 0.2) is 54.6 Å². The quantitative estimate of drug-likeness (QED) is 0.863. The average molecular weight is 387 g/mol. The number of nitrogens with one attached hydrogen (secondary N) is 1. The van der Waals surface area contributed by atoms with Crippen molar-refractivity contribution in [2.75, 3.05) is 19.7 Å². The van der Waals surface area contributed by atoms with Gasteiger partial charge in [-0.05, 0) is 30.5 Å². The van der Waals surface area contributed by atoms with Crippen molar-refractivity contribution in [1.29, 1.82) is 0 Å². The van der Waals surface area contributed by atoms with Gasteiger partial charge in [0.25, 0.3) is 0 Å². The first-order valence-corrected chi connectivity index (χ1v) is 9.70. The van der Waals surface area contributed by atoms with Crippen molar-refractivity contribution in [3.8, 4) is 5.75 Å².